The summed E-state index contributed by atoms with van der Waals surface area (Å²) in [6, 6.07) is 3.61. The van der Waals surface area contributed by atoms with E-state index < -0.39 is 5.92 Å². The van der Waals surface area contributed by atoms with Gasteiger partial charge < -0.3 is 20.9 Å². The number of piperidine rings is 1. The summed E-state index contributed by atoms with van der Waals surface area (Å²) in [4.78, 5) is 35.2. The molecule has 1 saturated heterocycles. The minimum Gasteiger partial charge on any atom is -0.373 e. The number of hydrogen-bond donors (Lipinski definition) is 3. The average molecular weight is 461 g/mol. The van der Waals surface area contributed by atoms with Crippen molar-refractivity contribution in [1.82, 2.24) is 15.3 Å². The molecule has 2 aromatic heterocycles. The molecule has 1 aliphatic carbocycles. The zero-order chi connectivity index (χ0) is 23.6. The average Bonchev–Trinajstić information content (AvgIpc) is 2.78. The van der Waals surface area contributed by atoms with Gasteiger partial charge in [-0.25, -0.2) is 18.7 Å². The van der Waals surface area contributed by atoms with Gasteiger partial charge in [-0.05, 0) is 31.4 Å². The molecule has 8 nitrogen and oxygen atoms in total. The number of rotatable bonds is 5. The number of halogens is 2. The number of nitrogens with zero attached hydrogens (tertiary/aromatic N) is 3. The number of hydrogen-bond acceptors (Lipinski definition) is 6. The van der Waals surface area contributed by atoms with Crippen molar-refractivity contribution in [3.05, 3.63) is 18.3 Å². The Labute approximate surface area is 191 Å². The highest BCUT2D eigenvalue weighted by molar-refractivity contribution is 5.98. The largest absolute Gasteiger partial charge is 0.373 e. The SMILES string of the molecule is CNc1cc2cnc(NC(=O)[C@H]3CCC[C@@H](NC(C)=O)C3)cc2c(N2CCC(F)(F)CC2)n1. The van der Waals surface area contributed by atoms with E-state index in [1.54, 1.807) is 19.3 Å². The van der Waals surface area contributed by atoms with Crippen LogP contribution in [0, 0.1) is 5.92 Å². The minimum atomic E-state index is -2.65. The molecule has 1 saturated carbocycles. The first kappa shape index (κ1) is 23.1. The Morgan fingerprint density at radius 1 is 1.15 bits per heavy atom. The Balaban J connectivity index is 1.55. The third-order valence-electron chi connectivity index (χ3n) is 6.45. The van der Waals surface area contributed by atoms with Crippen LogP contribution < -0.4 is 20.9 Å². The van der Waals surface area contributed by atoms with E-state index in [2.05, 4.69) is 25.9 Å². The van der Waals surface area contributed by atoms with Crippen molar-refractivity contribution in [3.63, 3.8) is 0 Å². The van der Waals surface area contributed by atoms with E-state index in [9.17, 15) is 18.4 Å². The van der Waals surface area contributed by atoms with E-state index in [-0.39, 0.29) is 49.7 Å². The lowest BCUT2D eigenvalue weighted by molar-refractivity contribution is -0.123. The third kappa shape index (κ3) is 5.48. The quantitative estimate of drug-likeness (QED) is 0.631. The Hall–Kier alpha value is -3.04. The van der Waals surface area contributed by atoms with E-state index >= 15 is 0 Å². The van der Waals surface area contributed by atoms with E-state index in [1.165, 1.54) is 6.92 Å². The van der Waals surface area contributed by atoms with Crippen LogP contribution >= 0.6 is 0 Å². The van der Waals surface area contributed by atoms with Crippen LogP contribution in [0.15, 0.2) is 18.3 Å². The Kier molecular flexibility index (Phi) is 6.62. The molecule has 0 radical (unpaired) electrons. The fourth-order valence-corrected chi connectivity index (χ4v) is 4.69. The number of carbonyl (C=O) groups is 2. The van der Waals surface area contributed by atoms with Crippen molar-refractivity contribution in [3.8, 4) is 0 Å². The molecule has 2 aromatic rings. The molecule has 1 aliphatic heterocycles. The van der Waals surface area contributed by atoms with Crippen LogP contribution in [0.1, 0.15) is 45.4 Å². The molecular formula is C23H30F2N6O2. The smallest absolute Gasteiger partial charge is 0.251 e. The fraction of sp³-hybridized carbons (Fsp3) is 0.565. The zero-order valence-electron chi connectivity index (χ0n) is 19.0. The maximum atomic E-state index is 13.7. The second kappa shape index (κ2) is 9.44. The zero-order valence-corrected chi connectivity index (χ0v) is 19.0. The molecule has 2 aliphatic rings. The van der Waals surface area contributed by atoms with Gasteiger partial charge in [0.15, 0.2) is 0 Å². The molecule has 0 spiro atoms. The van der Waals surface area contributed by atoms with Gasteiger partial charge in [0.05, 0.1) is 0 Å². The molecule has 0 bridgehead atoms. The van der Waals surface area contributed by atoms with Gasteiger partial charge >= 0.3 is 0 Å². The van der Waals surface area contributed by atoms with Crippen LogP contribution in [-0.4, -0.2) is 53.9 Å². The number of amides is 2. The second-order valence-electron chi connectivity index (χ2n) is 8.97. The summed E-state index contributed by atoms with van der Waals surface area (Å²) in [5.41, 5.74) is 0. The van der Waals surface area contributed by atoms with E-state index in [0.29, 0.717) is 23.9 Å². The van der Waals surface area contributed by atoms with Crippen molar-refractivity contribution in [2.45, 2.75) is 57.4 Å². The Morgan fingerprint density at radius 3 is 2.61 bits per heavy atom. The van der Waals surface area contributed by atoms with Crippen molar-refractivity contribution in [2.75, 3.05) is 35.7 Å². The maximum Gasteiger partial charge on any atom is 0.251 e. The summed E-state index contributed by atoms with van der Waals surface area (Å²) < 4.78 is 27.4. The molecule has 2 atom stereocenters. The number of pyridine rings is 2. The van der Waals surface area contributed by atoms with Crippen LogP contribution in [0.5, 0.6) is 0 Å². The van der Waals surface area contributed by atoms with Crippen LogP contribution in [0.4, 0.5) is 26.2 Å². The normalized spacial score (nSPS) is 22.6. The van der Waals surface area contributed by atoms with Crippen molar-refractivity contribution >= 4 is 40.0 Å². The molecule has 0 aromatic carbocycles. The molecule has 33 heavy (non-hydrogen) atoms. The monoisotopic (exact) mass is 460 g/mol. The molecular weight excluding hydrogens is 430 g/mol. The van der Waals surface area contributed by atoms with Gasteiger partial charge in [0, 0.05) is 68.8 Å². The van der Waals surface area contributed by atoms with Gasteiger partial charge in [0.2, 0.25) is 11.8 Å². The first-order chi connectivity index (χ1) is 15.7. The van der Waals surface area contributed by atoms with Crippen molar-refractivity contribution < 1.29 is 18.4 Å². The number of aromatic nitrogens is 2. The fourth-order valence-electron chi connectivity index (χ4n) is 4.69. The lowest BCUT2D eigenvalue weighted by atomic mass is 9.85. The maximum absolute atomic E-state index is 13.7. The first-order valence-electron chi connectivity index (χ1n) is 11.4. The molecule has 2 fully saturated rings. The summed E-state index contributed by atoms with van der Waals surface area (Å²) in [5, 5.41) is 10.4. The van der Waals surface area contributed by atoms with Crippen LogP contribution in [0.2, 0.25) is 0 Å². The summed E-state index contributed by atoms with van der Waals surface area (Å²) in [6.45, 7) is 1.90. The summed E-state index contributed by atoms with van der Waals surface area (Å²) in [7, 11) is 1.75. The second-order valence-corrected chi connectivity index (χ2v) is 8.97. The topological polar surface area (TPSA) is 99.2 Å². The van der Waals surface area contributed by atoms with E-state index in [1.807, 2.05) is 11.0 Å². The van der Waals surface area contributed by atoms with E-state index in [0.717, 1.165) is 30.0 Å². The van der Waals surface area contributed by atoms with Gasteiger partial charge in [-0.15, -0.1) is 0 Å². The first-order valence-corrected chi connectivity index (χ1v) is 11.4. The highest BCUT2D eigenvalue weighted by Gasteiger charge is 2.35. The molecule has 4 rings (SSSR count). The predicted octanol–water partition coefficient (Wildman–Crippen LogP) is 3.54. The molecule has 178 valence electrons. The Morgan fingerprint density at radius 2 is 1.91 bits per heavy atom. The van der Waals surface area contributed by atoms with Gasteiger partial charge in [0.1, 0.15) is 17.5 Å². The lowest BCUT2D eigenvalue weighted by Crippen LogP contribution is -2.40. The number of nitrogens with one attached hydrogen (secondary N) is 3. The highest BCUT2D eigenvalue weighted by atomic mass is 19.3. The van der Waals surface area contributed by atoms with Crippen LogP contribution in [-0.2, 0) is 9.59 Å². The summed E-state index contributed by atoms with van der Waals surface area (Å²) in [6.07, 6.45) is 4.33. The van der Waals surface area contributed by atoms with Gasteiger partial charge in [-0.2, -0.15) is 0 Å². The van der Waals surface area contributed by atoms with E-state index in [4.69, 9.17) is 0 Å². The van der Waals surface area contributed by atoms with Crippen molar-refractivity contribution in [1.29, 1.82) is 0 Å². The number of alkyl halides is 2. The number of fused-ring (bicyclic) bond motifs is 1. The number of anilines is 3. The van der Waals surface area contributed by atoms with Gasteiger partial charge in [-0.1, -0.05) is 6.42 Å². The number of carbonyl (C=O) groups excluding carboxylic acids is 2. The molecule has 10 heteroatoms. The predicted molar refractivity (Wildman–Crippen MR) is 124 cm³/mol. The third-order valence-corrected chi connectivity index (χ3v) is 6.45. The standard InChI is InChI=1S/C23H30F2N6O2/c1-14(32)28-17-5-3-4-15(10-17)22(33)30-20-12-18-16(13-27-20)11-19(26-2)29-21(18)31-8-6-23(24,25)7-9-31/h11-13,15,17H,3-10H2,1-2H3,(H,26,29)(H,28,32)(H,27,30,33)/t15-,17+/m0/s1. The molecule has 3 heterocycles. The summed E-state index contributed by atoms with van der Waals surface area (Å²) >= 11 is 0. The lowest BCUT2D eigenvalue weighted by Gasteiger charge is -2.33. The molecule has 3 N–H and O–H groups in total. The van der Waals surface area contributed by atoms with Crippen molar-refractivity contribution in [2.24, 2.45) is 5.92 Å². The minimum absolute atomic E-state index is 0.00422. The van der Waals surface area contributed by atoms with Gasteiger partial charge in [0.25, 0.3) is 5.92 Å². The van der Waals surface area contributed by atoms with Crippen LogP contribution in [0.3, 0.4) is 0 Å². The Bertz CT molecular complexity index is 1040. The molecule has 0 unspecified atom stereocenters. The highest BCUT2D eigenvalue weighted by Crippen LogP contribution is 2.35. The summed E-state index contributed by atoms with van der Waals surface area (Å²) in [5.74, 6) is -1.45. The molecule has 2 amide bonds. The van der Waals surface area contributed by atoms with Crippen LogP contribution in [0.25, 0.3) is 10.8 Å². The van der Waals surface area contributed by atoms with Gasteiger partial charge in [-0.3, -0.25) is 9.59 Å².